The Hall–Kier alpha value is -4.03. The molecule has 0 radical (unpaired) electrons. The van der Waals surface area contributed by atoms with Crippen LogP contribution in [0.25, 0.3) is 0 Å². The highest BCUT2D eigenvalue weighted by atomic mass is 35.5. The number of hydrogen-bond acceptors (Lipinski definition) is 13. The van der Waals surface area contributed by atoms with Gasteiger partial charge in [0.05, 0.1) is 10.7 Å². The Morgan fingerprint density at radius 2 is 1.41 bits per heavy atom. The first kappa shape index (κ1) is 31.4. The van der Waals surface area contributed by atoms with Crippen LogP contribution in [0.4, 0.5) is 42.4 Å². The number of nitrogens with two attached hydrogens (primary N) is 4. The van der Waals surface area contributed by atoms with Crippen molar-refractivity contribution in [3.63, 3.8) is 0 Å². The van der Waals surface area contributed by atoms with Gasteiger partial charge in [-0.05, 0) is 43.2 Å². The van der Waals surface area contributed by atoms with Gasteiger partial charge >= 0.3 is 6.18 Å². The van der Waals surface area contributed by atoms with Crippen LogP contribution >= 0.6 is 11.6 Å². The quantitative estimate of drug-likeness (QED) is 0.203. The number of alkyl halides is 3. The number of nitrogens with zero attached hydrogens (tertiary/aromatic N) is 6. The SMILES string of the molecule is N[C@@H]1C[C@H](N)CN(c2nc(Nc3ccc(NC(=O)c4ccc(C(F)(F)F)nc4O)c(Cl)c3)nc(N3C[C@H](N)C[C@H](N)C3)n2)C1. The molecule has 0 unspecified atom stereocenters. The molecule has 2 fully saturated rings. The van der Waals surface area contributed by atoms with E-state index >= 15 is 0 Å². The molecule has 14 nitrogen and oxygen atoms in total. The highest BCUT2D eigenvalue weighted by Crippen LogP contribution is 2.32. The molecule has 0 bridgehead atoms. The molecular formula is C26H32ClF3N12O2. The number of nitrogens with one attached hydrogen (secondary N) is 2. The van der Waals surface area contributed by atoms with Crippen LogP contribution in [0.3, 0.4) is 0 Å². The largest absolute Gasteiger partial charge is 0.493 e. The predicted molar refractivity (Wildman–Crippen MR) is 159 cm³/mol. The van der Waals surface area contributed by atoms with Crippen molar-refractivity contribution in [3.05, 3.63) is 46.6 Å². The van der Waals surface area contributed by atoms with Crippen molar-refractivity contribution < 1.29 is 23.1 Å². The van der Waals surface area contributed by atoms with Gasteiger partial charge in [0.1, 0.15) is 11.3 Å². The van der Waals surface area contributed by atoms with Gasteiger partial charge in [0.2, 0.25) is 23.7 Å². The van der Waals surface area contributed by atoms with E-state index < -0.39 is 29.2 Å². The summed E-state index contributed by atoms with van der Waals surface area (Å²) in [4.78, 5) is 33.4. The van der Waals surface area contributed by atoms with Gasteiger partial charge in [-0.3, -0.25) is 4.79 Å². The molecule has 0 saturated carbocycles. The molecule has 1 aromatic carbocycles. The van der Waals surface area contributed by atoms with Crippen LogP contribution in [-0.4, -0.2) is 81.3 Å². The number of piperidine rings is 2. The molecular weight excluding hydrogens is 605 g/mol. The Labute approximate surface area is 255 Å². The second kappa shape index (κ2) is 12.5. The fourth-order valence-electron chi connectivity index (χ4n) is 5.17. The lowest BCUT2D eigenvalue weighted by molar-refractivity contribution is -0.141. The molecule has 18 heteroatoms. The minimum Gasteiger partial charge on any atom is -0.493 e. The highest BCUT2D eigenvalue weighted by molar-refractivity contribution is 6.34. The zero-order valence-electron chi connectivity index (χ0n) is 23.3. The molecule has 0 spiro atoms. The van der Waals surface area contributed by atoms with Gasteiger partial charge in [0, 0.05) is 56.0 Å². The maximum atomic E-state index is 12.9. The molecule has 2 aromatic heterocycles. The standard InChI is InChI=1S/C26H32ClF3N12O2/c27-18-7-16(1-3-19(18)36-21(43)17-2-4-20(26(28,29)30)37-22(17)44)35-23-38-24(41-8-12(31)5-13(32)9-41)40-25(39-23)42-10-14(33)6-15(34)11-42/h1-4,7,12-15H,5-6,8-11,31-34H2,(H,36,43)(H,37,44)(H,35,38,39,40)/t12-,13+,14-,15+. The number of anilines is 5. The number of rotatable bonds is 6. The first-order valence-electron chi connectivity index (χ1n) is 13.7. The summed E-state index contributed by atoms with van der Waals surface area (Å²) in [7, 11) is 0. The van der Waals surface area contributed by atoms with Crippen molar-refractivity contribution in [3.8, 4) is 5.88 Å². The van der Waals surface area contributed by atoms with Crippen molar-refractivity contribution in [1.29, 1.82) is 0 Å². The Morgan fingerprint density at radius 3 is 1.89 bits per heavy atom. The lowest BCUT2D eigenvalue weighted by Crippen LogP contribution is -2.54. The summed E-state index contributed by atoms with van der Waals surface area (Å²) in [5, 5.41) is 15.5. The molecule has 1 amide bonds. The second-order valence-electron chi connectivity index (χ2n) is 10.9. The zero-order valence-corrected chi connectivity index (χ0v) is 24.1. The van der Waals surface area contributed by atoms with Gasteiger partial charge < -0.3 is 48.5 Å². The van der Waals surface area contributed by atoms with E-state index in [-0.39, 0.29) is 40.8 Å². The van der Waals surface area contributed by atoms with E-state index in [1.165, 1.54) is 12.1 Å². The van der Waals surface area contributed by atoms with Gasteiger partial charge in [0.15, 0.2) is 0 Å². The number of carbonyl (C=O) groups is 1. The fourth-order valence-corrected chi connectivity index (χ4v) is 5.40. The van der Waals surface area contributed by atoms with Gasteiger partial charge in [-0.25, -0.2) is 4.98 Å². The van der Waals surface area contributed by atoms with E-state index in [4.69, 9.17) is 34.5 Å². The number of halogens is 4. The number of amides is 1. The predicted octanol–water partition coefficient (Wildman–Crippen LogP) is 1.37. The van der Waals surface area contributed by atoms with Crippen molar-refractivity contribution in [1.82, 2.24) is 19.9 Å². The lowest BCUT2D eigenvalue weighted by Gasteiger charge is -2.37. The number of aromatic hydroxyl groups is 1. The third-order valence-corrected chi connectivity index (χ3v) is 7.40. The van der Waals surface area contributed by atoms with E-state index in [9.17, 15) is 23.1 Å². The van der Waals surface area contributed by atoms with Gasteiger partial charge in [-0.2, -0.15) is 28.1 Å². The van der Waals surface area contributed by atoms with Crippen molar-refractivity contribution in [2.24, 2.45) is 22.9 Å². The number of hydrogen-bond donors (Lipinski definition) is 7. The molecule has 4 heterocycles. The highest BCUT2D eigenvalue weighted by Gasteiger charge is 2.34. The van der Waals surface area contributed by atoms with Crippen LogP contribution < -0.4 is 43.4 Å². The molecule has 0 aliphatic carbocycles. The van der Waals surface area contributed by atoms with Crippen molar-refractivity contribution >= 4 is 46.7 Å². The van der Waals surface area contributed by atoms with Crippen LogP contribution in [0.1, 0.15) is 28.9 Å². The summed E-state index contributed by atoms with van der Waals surface area (Å²) >= 11 is 6.42. The molecule has 44 heavy (non-hydrogen) atoms. The summed E-state index contributed by atoms with van der Waals surface area (Å²) < 4.78 is 38.6. The number of aromatic nitrogens is 4. The molecule has 2 aliphatic heterocycles. The molecule has 4 atom stereocenters. The van der Waals surface area contributed by atoms with Crippen LogP contribution in [0.2, 0.25) is 5.02 Å². The summed E-state index contributed by atoms with van der Waals surface area (Å²) in [5.41, 5.74) is 23.6. The molecule has 3 aromatic rings. The third kappa shape index (κ3) is 7.36. The van der Waals surface area contributed by atoms with Crippen LogP contribution in [-0.2, 0) is 6.18 Å². The molecule has 2 saturated heterocycles. The normalized spacial score (nSPS) is 22.5. The van der Waals surface area contributed by atoms with Crippen LogP contribution in [0, 0.1) is 0 Å². The number of benzene rings is 1. The Kier molecular flexibility index (Phi) is 8.94. The van der Waals surface area contributed by atoms with Crippen LogP contribution in [0.15, 0.2) is 30.3 Å². The van der Waals surface area contributed by atoms with Crippen molar-refractivity contribution in [2.45, 2.75) is 43.2 Å². The zero-order chi connectivity index (χ0) is 31.8. The van der Waals surface area contributed by atoms with Gasteiger partial charge in [-0.15, -0.1) is 0 Å². The summed E-state index contributed by atoms with van der Waals surface area (Å²) in [6, 6.07) is 5.32. The smallest absolute Gasteiger partial charge is 0.433 e. The summed E-state index contributed by atoms with van der Waals surface area (Å²) in [5.74, 6) is -1.04. The van der Waals surface area contributed by atoms with E-state index in [0.717, 1.165) is 6.07 Å². The molecule has 5 rings (SSSR count). The average molecular weight is 637 g/mol. The van der Waals surface area contributed by atoms with Crippen molar-refractivity contribution in [2.75, 3.05) is 46.6 Å². The molecule has 236 valence electrons. The summed E-state index contributed by atoms with van der Waals surface area (Å²) in [6.45, 7) is 2.00. The number of pyridine rings is 1. The topological polar surface area (TPSA) is 223 Å². The first-order chi connectivity index (χ1) is 20.7. The minimum absolute atomic E-state index is 0.0816. The van der Waals surface area contributed by atoms with Gasteiger partial charge in [0.25, 0.3) is 5.91 Å². The first-order valence-corrected chi connectivity index (χ1v) is 14.1. The maximum absolute atomic E-state index is 12.9. The number of carbonyl (C=O) groups excluding carboxylic acids is 1. The molecule has 11 N–H and O–H groups in total. The van der Waals surface area contributed by atoms with E-state index in [1.54, 1.807) is 6.07 Å². The monoisotopic (exact) mass is 636 g/mol. The third-order valence-electron chi connectivity index (χ3n) is 7.09. The maximum Gasteiger partial charge on any atom is 0.433 e. The fraction of sp³-hybridized carbons (Fsp3) is 0.423. The minimum atomic E-state index is -4.78. The Balaban J connectivity index is 1.37. The molecule has 2 aliphatic rings. The van der Waals surface area contributed by atoms with E-state index in [2.05, 4.69) is 30.6 Å². The van der Waals surface area contributed by atoms with Crippen LogP contribution in [0.5, 0.6) is 5.88 Å². The summed E-state index contributed by atoms with van der Waals surface area (Å²) in [6.07, 6.45) is -3.43. The van der Waals surface area contributed by atoms with E-state index in [1.807, 2.05) is 9.80 Å². The van der Waals surface area contributed by atoms with Gasteiger partial charge in [-0.1, -0.05) is 11.6 Å². The van der Waals surface area contributed by atoms with E-state index in [0.29, 0.717) is 62.7 Å². The average Bonchev–Trinajstić information content (AvgIpc) is 2.92. The lowest BCUT2D eigenvalue weighted by atomic mass is 10.0. The second-order valence-corrected chi connectivity index (χ2v) is 11.3. The Morgan fingerprint density at radius 1 is 0.864 bits per heavy atom. The Bertz CT molecular complexity index is 1470.